The predicted octanol–water partition coefficient (Wildman–Crippen LogP) is 2.49. The van der Waals surface area contributed by atoms with Gasteiger partial charge >= 0.3 is 0 Å². The third kappa shape index (κ3) is 4.86. The SMILES string of the molecule is C=CC(=O)N[C@H]1CCN(c2nc(Nc3cnn(C4CCN(C)CC4)c3)c3ncn(C(C)C)c3n2)C1. The molecular weight excluding hydrogens is 444 g/mol. The van der Waals surface area contributed by atoms with Crippen LogP contribution in [0.2, 0.25) is 0 Å². The number of carbonyl (C=O) groups is 1. The average molecular weight is 479 g/mol. The van der Waals surface area contributed by atoms with E-state index >= 15 is 0 Å². The minimum absolute atomic E-state index is 0.0407. The molecular formula is C24H34N10O. The van der Waals surface area contributed by atoms with Crippen LogP contribution in [0.3, 0.4) is 0 Å². The Balaban J connectivity index is 1.42. The van der Waals surface area contributed by atoms with Gasteiger partial charge in [-0.25, -0.2) is 4.98 Å². The molecule has 0 aromatic carbocycles. The molecule has 2 aliphatic heterocycles. The Kier molecular flexibility index (Phi) is 6.42. The maximum Gasteiger partial charge on any atom is 0.243 e. The van der Waals surface area contributed by atoms with Crippen LogP contribution in [0.1, 0.15) is 45.2 Å². The summed E-state index contributed by atoms with van der Waals surface area (Å²) >= 11 is 0. The molecule has 0 unspecified atom stereocenters. The second-order valence-corrected chi connectivity index (χ2v) is 9.80. The van der Waals surface area contributed by atoms with Crippen LogP contribution in [0.4, 0.5) is 17.5 Å². The van der Waals surface area contributed by atoms with E-state index in [-0.39, 0.29) is 18.0 Å². The third-order valence-corrected chi connectivity index (χ3v) is 6.90. The number of imidazole rings is 1. The largest absolute Gasteiger partial charge is 0.348 e. The van der Waals surface area contributed by atoms with Crippen LogP contribution in [-0.2, 0) is 4.79 Å². The normalized spacial score (nSPS) is 19.5. The number of nitrogens with one attached hydrogen (secondary N) is 2. The van der Waals surface area contributed by atoms with Crippen LogP contribution in [0.25, 0.3) is 11.2 Å². The van der Waals surface area contributed by atoms with Gasteiger partial charge in [-0.2, -0.15) is 15.1 Å². The monoisotopic (exact) mass is 478 g/mol. The van der Waals surface area contributed by atoms with Crippen LogP contribution in [-0.4, -0.2) is 79.4 Å². The Bertz CT molecular complexity index is 1210. The molecule has 1 amide bonds. The number of hydrogen-bond acceptors (Lipinski definition) is 8. The zero-order valence-electron chi connectivity index (χ0n) is 20.7. The van der Waals surface area contributed by atoms with Gasteiger partial charge in [0.15, 0.2) is 17.0 Å². The maximum absolute atomic E-state index is 11.7. The molecule has 11 heteroatoms. The highest BCUT2D eigenvalue weighted by Gasteiger charge is 2.27. The summed E-state index contributed by atoms with van der Waals surface area (Å²) in [6, 6.07) is 0.662. The van der Waals surface area contributed by atoms with Crippen LogP contribution >= 0.6 is 0 Å². The Hall–Kier alpha value is -3.47. The van der Waals surface area contributed by atoms with Crippen molar-refractivity contribution in [2.75, 3.05) is 43.4 Å². The van der Waals surface area contributed by atoms with Crippen molar-refractivity contribution in [2.24, 2.45) is 0 Å². The minimum Gasteiger partial charge on any atom is -0.348 e. The van der Waals surface area contributed by atoms with Gasteiger partial charge < -0.3 is 25.0 Å². The summed E-state index contributed by atoms with van der Waals surface area (Å²) in [5, 5.41) is 11.1. The molecule has 0 bridgehead atoms. The van der Waals surface area contributed by atoms with E-state index in [9.17, 15) is 4.79 Å². The first-order valence-electron chi connectivity index (χ1n) is 12.3. The molecule has 5 rings (SSSR count). The first-order chi connectivity index (χ1) is 16.9. The van der Waals surface area contributed by atoms with Gasteiger partial charge in [0.2, 0.25) is 11.9 Å². The molecule has 2 saturated heterocycles. The van der Waals surface area contributed by atoms with Crippen molar-refractivity contribution in [2.45, 2.75) is 51.2 Å². The number of rotatable bonds is 7. The summed E-state index contributed by atoms with van der Waals surface area (Å²) in [6.07, 6.45) is 10.0. The number of aromatic nitrogens is 6. The van der Waals surface area contributed by atoms with Crippen molar-refractivity contribution < 1.29 is 4.79 Å². The Labute approximate surface area is 205 Å². The summed E-state index contributed by atoms with van der Waals surface area (Å²) in [5.74, 6) is 1.13. The molecule has 2 N–H and O–H groups in total. The zero-order valence-corrected chi connectivity index (χ0v) is 20.7. The molecule has 0 spiro atoms. The first kappa shape index (κ1) is 23.3. The number of piperidine rings is 1. The van der Waals surface area contributed by atoms with Crippen LogP contribution in [0.15, 0.2) is 31.4 Å². The van der Waals surface area contributed by atoms with Gasteiger partial charge in [0, 0.05) is 31.4 Å². The quantitative estimate of drug-likeness (QED) is 0.499. The topological polar surface area (TPSA) is 109 Å². The Morgan fingerprint density at radius 1 is 1.20 bits per heavy atom. The van der Waals surface area contributed by atoms with Gasteiger partial charge in [0.05, 0.1) is 24.3 Å². The van der Waals surface area contributed by atoms with Crippen molar-refractivity contribution in [3.05, 3.63) is 31.4 Å². The lowest BCUT2D eigenvalue weighted by molar-refractivity contribution is -0.117. The van der Waals surface area contributed by atoms with Crippen LogP contribution in [0.5, 0.6) is 0 Å². The zero-order chi connectivity index (χ0) is 24.5. The van der Waals surface area contributed by atoms with E-state index in [1.165, 1.54) is 6.08 Å². The smallest absolute Gasteiger partial charge is 0.243 e. The van der Waals surface area contributed by atoms with E-state index in [2.05, 4.69) is 73.4 Å². The van der Waals surface area contributed by atoms with Crippen molar-refractivity contribution in [3.63, 3.8) is 0 Å². The number of amides is 1. The summed E-state index contributed by atoms with van der Waals surface area (Å²) in [6.45, 7) is 11.3. The standard InChI is InChI=1S/C24H34N10O/c1-5-20(35)27-17-6-11-32(13-17)24-29-22(21-23(30-24)33(15-25-21)16(2)3)28-18-12-26-34(14-18)19-7-9-31(4)10-8-19/h5,12,14-17,19H,1,6-11,13H2,2-4H3,(H,27,35)(H,28,29,30)/t17-/m0/s1. The number of likely N-dealkylation sites (tertiary alicyclic amines) is 1. The molecule has 3 aromatic heterocycles. The second-order valence-electron chi connectivity index (χ2n) is 9.80. The maximum atomic E-state index is 11.7. The number of fused-ring (bicyclic) bond motifs is 1. The molecule has 2 aliphatic rings. The van der Waals surface area contributed by atoms with E-state index in [1.54, 1.807) is 0 Å². The minimum atomic E-state index is -0.157. The Morgan fingerprint density at radius 2 is 2.00 bits per heavy atom. The van der Waals surface area contributed by atoms with Crippen molar-refractivity contribution >= 4 is 34.5 Å². The van der Waals surface area contributed by atoms with Gasteiger partial charge in [-0.3, -0.25) is 9.48 Å². The first-order valence-corrected chi connectivity index (χ1v) is 12.3. The fraction of sp³-hybridized carbons (Fsp3) is 0.542. The van der Waals surface area contributed by atoms with E-state index < -0.39 is 0 Å². The van der Waals surface area contributed by atoms with Gasteiger partial charge in [0.1, 0.15) is 0 Å². The molecule has 1 atom stereocenters. The summed E-state index contributed by atoms with van der Waals surface area (Å²) in [5.41, 5.74) is 2.39. The lowest BCUT2D eigenvalue weighted by atomic mass is 10.1. The van der Waals surface area contributed by atoms with Crippen LogP contribution in [0, 0.1) is 0 Å². The highest BCUT2D eigenvalue weighted by Crippen LogP contribution is 2.29. The highest BCUT2D eigenvalue weighted by molar-refractivity contribution is 5.87. The van der Waals surface area contributed by atoms with Gasteiger partial charge in [-0.15, -0.1) is 0 Å². The molecule has 3 aromatic rings. The van der Waals surface area contributed by atoms with Crippen molar-refractivity contribution in [1.29, 1.82) is 0 Å². The van der Waals surface area contributed by atoms with Crippen LogP contribution < -0.4 is 15.5 Å². The number of anilines is 3. The molecule has 2 fully saturated rings. The summed E-state index contributed by atoms with van der Waals surface area (Å²) < 4.78 is 4.12. The van der Waals surface area contributed by atoms with Gasteiger partial charge in [0.25, 0.3) is 0 Å². The molecule has 186 valence electrons. The van der Waals surface area contributed by atoms with Crippen molar-refractivity contribution in [1.82, 2.24) is 39.5 Å². The molecule has 0 radical (unpaired) electrons. The Morgan fingerprint density at radius 3 is 2.74 bits per heavy atom. The molecule has 11 nitrogen and oxygen atoms in total. The average Bonchev–Trinajstić information content (AvgIpc) is 3.59. The molecule has 35 heavy (non-hydrogen) atoms. The molecule has 0 saturated carbocycles. The number of carbonyl (C=O) groups excluding carboxylic acids is 1. The fourth-order valence-electron chi connectivity index (χ4n) is 4.83. The fourth-order valence-corrected chi connectivity index (χ4v) is 4.83. The lowest BCUT2D eigenvalue weighted by Gasteiger charge is -2.28. The number of nitrogens with zero attached hydrogens (tertiary/aromatic N) is 8. The summed E-state index contributed by atoms with van der Waals surface area (Å²) in [4.78, 5) is 30.6. The van der Waals surface area contributed by atoms with E-state index in [0.29, 0.717) is 24.4 Å². The van der Waals surface area contributed by atoms with Gasteiger partial charge in [-0.05, 0) is 59.3 Å². The number of hydrogen-bond donors (Lipinski definition) is 2. The van der Waals surface area contributed by atoms with E-state index in [1.807, 2.05) is 12.5 Å². The predicted molar refractivity (Wildman–Crippen MR) is 136 cm³/mol. The molecule has 0 aliphatic carbocycles. The summed E-state index contributed by atoms with van der Waals surface area (Å²) in [7, 11) is 2.16. The van der Waals surface area contributed by atoms with Crippen molar-refractivity contribution in [3.8, 4) is 0 Å². The molecule has 5 heterocycles. The van der Waals surface area contributed by atoms with Gasteiger partial charge in [-0.1, -0.05) is 6.58 Å². The third-order valence-electron chi connectivity index (χ3n) is 6.90. The van der Waals surface area contributed by atoms with E-state index in [4.69, 9.17) is 9.97 Å². The lowest BCUT2D eigenvalue weighted by Crippen LogP contribution is -2.36. The second kappa shape index (κ2) is 9.65. The highest BCUT2D eigenvalue weighted by atomic mass is 16.1. The van der Waals surface area contributed by atoms with E-state index in [0.717, 1.165) is 55.7 Å².